The van der Waals surface area contributed by atoms with Gasteiger partial charge in [-0.1, -0.05) is 23.7 Å². The maximum absolute atomic E-state index is 13.3. The van der Waals surface area contributed by atoms with Crippen LogP contribution in [-0.2, 0) is 16.9 Å². The van der Waals surface area contributed by atoms with Crippen LogP contribution < -0.4 is 16.2 Å². The number of hydrogen-bond donors (Lipinski definition) is 3. The molecule has 0 aliphatic carbocycles. The molecule has 1 atom stereocenters. The molecule has 9 heteroatoms. The Morgan fingerprint density at radius 1 is 1.08 bits per heavy atom. The van der Waals surface area contributed by atoms with E-state index >= 15 is 0 Å². The van der Waals surface area contributed by atoms with Crippen LogP contribution in [0.25, 0.3) is 10.9 Å². The molecule has 1 fully saturated rings. The summed E-state index contributed by atoms with van der Waals surface area (Å²) in [7, 11) is 0. The first-order valence-corrected chi connectivity index (χ1v) is 8.04. The number of nitrogens with one attached hydrogen (secondary N) is 3. The van der Waals surface area contributed by atoms with Crippen molar-refractivity contribution < 1.29 is 14.0 Å². The Morgan fingerprint density at radius 3 is 2.46 bits per heavy atom. The van der Waals surface area contributed by atoms with Gasteiger partial charge < -0.3 is 5.32 Å². The number of carbonyl (C=O) groups excluding carboxylic acids is 2. The predicted molar refractivity (Wildman–Crippen MR) is 92.3 cm³/mol. The van der Waals surface area contributed by atoms with Crippen molar-refractivity contribution in [2.45, 2.75) is 12.1 Å². The van der Waals surface area contributed by atoms with Gasteiger partial charge in [-0.25, -0.2) is 13.9 Å². The minimum Gasteiger partial charge on any atom is -0.318 e. The third-order valence-electron chi connectivity index (χ3n) is 4.39. The van der Waals surface area contributed by atoms with Gasteiger partial charge in [-0.05, 0) is 35.9 Å². The highest BCUT2D eigenvalue weighted by molar-refractivity contribution is 6.31. The van der Waals surface area contributed by atoms with E-state index in [0.717, 1.165) is 0 Å². The van der Waals surface area contributed by atoms with Crippen LogP contribution in [0.5, 0.6) is 0 Å². The summed E-state index contributed by atoms with van der Waals surface area (Å²) in [6, 6.07) is 9.22. The number of nitrogens with zero attached hydrogens (tertiary/aromatic N) is 1. The molecule has 3 N–H and O–H groups in total. The molecule has 26 heavy (non-hydrogen) atoms. The Hall–Kier alpha value is -3.13. The lowest BCUT2D eigenvalue weighted by Crippen LogP contribution is -2.49. The maximum Gasteiger partial charge on any atom is 0.322 e. The summed E-state index contributed by atoms with van der Waals surface area (Å²) < 4.78 is 14.5. The first kappa shape index (κ1) is 16.3. The SMILES string of the molecule is O=C1NC(=O)C(Cn2[nH]c3cc(Cl)ccc3c2=O)(c2ccc(F)cc2)N1. The second-order valence-electron chi connectivity index (χ2n) is 6.01. The second kappa shape index (κ2) is 5.70. The van der Waals surface area contributed by atoms with Crippen LogP contribution in [0.1, 0.15) is 5.56 Å². The van der Waals surface area contributed by atoms with Crippen LogP contribution in [0.2, 0.25) is 5.02 Å². The lowest BCUT2D eigenvalue weighted by molar-refractivity contribution is -0.124. The van der Waals surface area contributed by atoms with Crippen molar-refractivity contribution in [2.75, 3.05) is 0 Å². The van der Waals surface area contributed by atoms with Gasteiger partial charge in [0.15, 0.2) is 5.54 Å². The van der Waals surface area contributed by atoms with Gasteiger partial charge in [0.05, 0.1) is 17.4 Å². The summed E-state index contributed by atoms with van der Waals surface area (Å²) in [5, 5.41) is 8.46. The molecule has 2 aromatic carbocycles. The monoisotopic (exact) mass is 374 g/mol. The number of H-pyrrole nitrogens is 1. The normalized spacial score (nSPS) is 19.6. The molecular formula is C17H12ClFN4O3. The standard InChI is InChI=1S/C17H12ClFN4O3/c18-10-3-6-12-13(7-10)22-23(14(12)24)8-17(15(25)20-16(26)21-17)9-1-4-11(19)5-2-9/h1-7,22H,8H2,(H2,20,21,25,26). The van der Waals surface area contributed by atoms with Crippen molar-refractivity contribution in [3.63, 3.8) is 0 Å². The Balaban J connectivity index is 1.85. The van der Waals surface area contributed by atoms with Crippen LogP contribution in [0.3, 0.4) is 0 Å². The summed E-state index contributed by atoms with van der Waals surface area (Å²) in [6.07, 6.45) is 0. The number of benzene rings is 2. The van der Waals surface area contributed by atoms with Crippen LogP contribution in [0.15, 0.2) is 47.3 Å². The zero-order valence-corrected chi connectivity index (χ0v) is 13.9. The van der Waals surface area contributed by atoms with E-state index in [1.165, 1.54) is 28.9 Å². The van der Waals surface area contributed by atoms with E-state index in [-0.39, 0.29) is 12.1 Å². The molecular weight excluding hydrogens is 363 g/mol. The number of carbonyl (C=O) groups is 2. The molecule has 7 nitrogen and oxygen atoms in total. The lowest BCUT2D eigenvalue weighted by Gasteiger charge is -2.26. The number of aromatic nitrogens is 2. The highest BCUT2D eigenvalue weighted by Gasteiger charge is 2.48. The molecule has 0 spiro atoms. The van der Waals surface area contributed by atoms with Crippen LogP contribution >= 0.6 is 11.6 Å². The number of fused-ring (bicyclic) bond motifs is 1. The summed E-state index contributed by atoms with van der Waals surface area (Å²) in [5.74, 6) is -1.11. The topological polar surface area (TPSA) is 96.0 Å². The maximum atomic E-state index is 13.3. The molecule has 1 aromatic heterocycles. The molecule has 0 bridgehead atoms. The van der Waals surface area contributed by atoms with Crippen molar-refractivity contribution in [1.82, 2.24) is 20.4 Å². The fourth-order valence-corrected chi connectivity index (χ4v) is 3.29. The van der Waals surface area contributed by atoms with E-state index in [1.54, 1.807) is 18.2 Å². The summed E-state index contributed by atoms with van der Waals surface area (Å²) in [5.41, 5.74) is -1.06. The number of aromatic amines is 1. The summed E-state index contributed by atoms with van der Waals surface area (Å²) in [6.45, 7) is -0.193. The average molecular weight is 375 g/mol. The third-order valence-corrected chi connectivity index (χ3v) is 4.62. The summed E-state index contributed by atoms with van der Waals surface area (Å²) in [4.78, 5) is 36.9. The Kier molecular flexibility index (Phi) is 3.58. The third kappa shape index (κ3) is 2.46. The van der Waals surface area contributed by atoms with Crippen molar-refractivity contribution >= 4 is 34.4 Å². The number of halogens is 2. The molecule has 0 radical (unpaired) electrons. The minimum absolute atomic E-state index is 0.193. The predicted octanol–water partition coefficient (Wildman–Crippen LogP) is 1.86. The second-order valence-corrected chi connectivity index (χ2v) is 6.45. The Bertz CT molecular complexity index is 1110. The zero-order chi connectivity index (χ0) is 18.5. The van der Waals surface area contributed by atoms with Crippen molar-refractivity contribution in [2.24, 2.45) is 0 Å². The average Bonchev–Trinajstić information content (AvgIpc) is 3.05. The fraction of sp³-hybridized carbons (Fsp3) is 0.118. The van der Waals surface area contributed by atoms with Gasteiger partial charge in [0.1, 0.15) is 5.82 Å². The van der Waals surface area contributed by atoms with E-state index in [1.807, 2.05) is 0 Å². The van der Waals surface area contributed by atoms with Gasteiger partial charge in [-0.15, -0.1) is 0 Å². The molecule has 0 saturated carbocycles. The van der Waals surface area contributed by atoms with E-state index in [0.29, 0.717) is 21.5 Å². The zero-order valence-electron chi connectivity index (χ0n) is 13.2. The molecule has 3 aromatic rings. The van der Waals surface area contributed by atoms with Crippen molar-refractivity contribution in [3.8, 4) is 0 Å². The van der Waals surface area contributed by atoms with Gasteiger partial charge >= 0.3 is 6.03 Å². The minimum atomic E-state index is -1.54. The number of imide groups is 1. The fourth-order valence-electron chi connectivity index (χ4n) is 3.12. The van der Waals surface area contributed by atoms with Crippen LogP contribution in [0.4, 0.5) is 9.18 Å². The number of amides is 3. The lowest BCUT2D eigenvalue weighted by atomic mass is 9.90. The smallest absolute Gasteiger partial charge is 0.318 e. The molecule has 1 saturated heterocycles. The van der Waals surface area contributed by atoms with Crippen LogP contribution in [0, 0.1) is 5.82 Å². The van der Waals surface area contributed by atoms with Crippen LogP contribution in [-0.4, -0.2) is 21.7 Å². The van der Waals surface area contributed by atoms with E-state index in [9.17, 15) is 18.8 Å². The molecule has 1 aliphatic rings. The molecule has 2 heterocycles. The van der Waals surface area contributed by atoms with Gasteiger partial charge in [0.25, 0.3) is 11.5 Å². The van der Waals surface area contributed by atoms with E-state index in [2.05, 4.69) is 15.7 Å². The molecule has 1 aliphatic heterocycles. The highest BCUT2D eigenvalue weighted by atomic mass is 35.5. The Morgan fingerprint density at radius 2 is 1.81 bits per heavy atom. The largest absolute Gasteiger partial charge is 0.322 e. The van der Waals surface area contributed by atoms with E-state index < -0.39 is 23.3 Å². The Labute approximate surface area is 150 Å². The molecule has 3 amide bonds. The summed E-state index contributed by atoms with van der Waals surface area (Å²) >= 11 is 5.94. The number of hydrogen-bond acceptors (Lipinski definition) is 3. The molecule has 1 unspecified atom stereocenters. The number of rotatable bonds is 3. The molecule has 132 valence electrons. The van der Waals surface area contributed by atoms with Gasteiger partial charge in [-0.2, -0.15) is 0 Å². The quantitative estimate of drug-likeness (QED) is 0.610. The first-order valence-electron chi connectivity index (χ1n) is 7.67. The first-order chi connectivity index (χ1) is 12.4. The van der Waals surface area contributed by atoms with Gasteiger partial charge in [0, 0.05) is 5.02 Å². The number of urea groups is 1. The highest BCUT2D eigenvalue weighted by Crippen LogP contribution is 2.27. The van der Waals surface area contributed by atoms with Gasteiger partial charge in [0.2, 0.25) is 0 Å². The van der Waals surface area contributed by atoms with Crippen molar-refractivity contribution in [1.29, 1.82) is 0 Å². The molecule has 4 rings (SSSR count). The van der Waals surface area contributed by atoms with E-state index in [4.69, 9.17) is 11.6 Å². The van der Waals surface area contributed by atoms with Gasteiger partial charge in [-0.3, -0.25) is 20.0 Å². The van der Waals surface area contributed by atoms with Crippen molar-refractivity contribution in [3.05, 3.63) is 69.2 Å².